The highest BCUT2D eigenvalue weighted by atomic mass is 35.5. The molecular formula is C14H15ClN4. The molecule has 2 aromatic heterocycles. The molecule has 0 spiro atoms. The van der Waals surface area contributed by atoms with Gasteiger partial charge in [-0.15, -0.1) is 0 Å². The van der Waals surface area contributed by atoms with E-state index in [-0.39, 0.29) is 0 Å². The number of aromatic nitrogens is 3. The van der Waals surface area contributed by atoms with Crippen molar-refractivity contribution in [1.82, 2.24) is 20.1 Å². The number of nitrogens with zero attached hydrogens (tertiary/aromatic N) is 2. The second kappa shape index (κ2) is 5.07. The summed E-state index contributed by atoms with van der Waals surface area (Å²) in [5.74, 6) is 0. The van der Waals surface area contributed by atoms with Gasteiger partial charge in [-0.3, -0.25) is 4.68 Å². The van der Waals surface area contributed by atoms with E-state index in [0.29, 0.717) is 6.54 Å². The Balaban J connectivity index is 1.70. The first-order valence-electron chi connectivity index (χ1n) is 6.17. The lowest BCUT2D eigenvalue weighted by Gasteiger charge is -2.01. The second-order valence-corrected chi connectivity index (χ2v) is 4.97. The maximum absolute atomic E-state index is 6.36. The average Bonchev–Trinajstić information content (AvgIpc) is 2.96. The molecule has 0 saturated heterocycles. The van der Waals surface area contributed by atoms with Crippen LogP contribution in [0, 0.1) is 0 Å². The first-order chi connectivity index (χ1) is 9.24. The molecular weight excluding hydrogens is 260 g/mol. The Bertz CT molecular complexity index is 698. The molecule has 98 valence electrons. The van der Waals surface area contributed by atoms with Gasteiger partial charge in [0.1, 0.15) is 0 Å². The SMILES string of the molecule is Cn1cc(CNCc2[nH]c3ccccc3c2Cl)cn1. The first kappa shape index (κ1) is 12.3. The van der Waals surface area contributed by atoms with Gasteiger partial charge in [-0.25, -0.2) is 0 Å². The number of aryl methyl sites for hydroxylation is 1. The molecule has 2 heterocycles. The number of para-hydroxylation sites is 1. The highest BCUT2D eigenvalue weighted by molar-refractivity contribution is 6.36. The van der Waals surface area contributed by atoms with Crippen molar-refractivity contribution in [1.29, 1.82) is 0 Å². The van der Waals surface area contributed by atoms with Crippen LogP contribution in [0.2, 0.25) is 5.02 Å². The Morgan fingerprint density at radius 3 is 2.89 bits per heavy atom. The molecule has 0 radical (unpaired) electrons. The third kappa shape index (κ3) is 2.50. The van der Waals surface area contributed by atoms with Crippen LogP contribution in [-0.2, 0) is 20.1 Å². The van der Waals surface area contributed by atoms with E-state index in [1.165, 1.54) is 0 Å². The third-order valence-corrected chi connectivity index (χ3v) is 3.54. The summed E-state index contributed by atoms with van der Waals surface area (Å²) in [5.41, 5.74) is 3.26. The van der Waals surface area contributed by atoms with Crippen molar-refractivity contribution in [3.63, 3.8) is 0 Å². The summed E-state index contributed by atoms with van der Waals surface area (Å²) < 4.78 is 1.80. The minimum atomic E-state index is 0.711. The lowest BCUT2D eigenvalue weighted by molar-refractivity contribution is 0.682. The zero-order valence-electron chi connectivity index (χ0n) is 10.7. The highest BCUT2D eigenvalue weighted by Crippen LogP contribution is 2.26. The summed E-state index contributed by atoms with van der Waals surface area (Å²) in [6.45, 7) is 1.49. The van der Waals surface area contributed by atoms with Crippen LogP contribution < -0.4 is 5.32 Å². The largest absolute Gasteiger partial charge is 0.356 e. The van der Waals surface area contributed by atoms with Gasteiger partial charge in [-0.05, 0) is 6.07 Å². The highest BCUT2D eigenvalue weighted by Gasteiger charge is 2.08. The number of hydrogen-bond acceptors (Lipinski definition) is 2. The van der Waals surface area contributed by atoms with Crippen LogP contribution in [0.25, 0.3) is 10.9 Å². The van der Waals surface area contributed by atoms with Gasteiger partial charge in [-0.2, -0.15) is 5.10 Å². The fraction of sp³-hybridized carbons (Fsp3) is 0.214. The zero-order valence-corrected chi connectivity index (χ0v) is 11.4. The minimum Gasteiger partial charge on any atom is -0.356 e. The van der Waals surface area contributed by atoms with Crippen molar-refractivity contribution in [3.8, 4) is 0 Å². The molecule has 0 saturated carbocycles. The Morgan fingerprint density at radius 2 is 2.16 bits per heavy atom. The van der Waals surface area contributed by atoms with Gasteiger partial charge < -0.3 is 10.3 Å². The van der Waals surface area contributed by atoms with E-state index in [9.17, 15) is 0 Å². The van der Waals surface area contributed by atoms with E-state index in [4.69, 9.17) is 11.6 Å². The minimum absolute atomic E-state index is 0.711. The standard InChI is InChI=1S/C14H15ClN4/c1-19-9-10(7-17-19)6-16-8-13-14(15)11-4-2-3-5-12(11)18-13/h2-5,7,9,16,18H,6,8H2,1H3. The summed E-state index contributed by atoms with van der Waals surface area (Å²) in [4.78, 5) is 3.34. The predicted molar refractivity (Wildman–Crippen MR) is 77.1 cm³/mol. The van der Waals surface area contributed by atoms with Gasteiger partial charge >= 0.3 is 0 Å². The molecule has 0 amide bonds. The molecule has 0 bridgehead atoms. The van der Waals surface area contributed by atoms with Crippen LogP contribution in [0.15, 0.2) is 36.7 Å². The number of fused-ring (bicyclic) bond motifs is 1. The number of hydrogen-bond donors (Lipinski definition) is 2. The Kier molecular flexibility index (Phi) is 3.27. The molecule has 3 aromatic rings. The summed E-state index contributed by atoms with van der Waals surface area (Å²) >= 11 is 6.36. The molecule has 0 atom stereocenters. The Morgan fingerprint density at radius 1 is 1.32 bits per heavy atom. The van der Waals surface area contributed by atoms with Crippen molar-refractivity contribution in [3.05, 3.63) is 52.9 Å². The van der Waals surface area contributed by atoms with E-state index >= 15 is 0 Å². The predicted octanol–water partition coefficient (Wildman–Crippen LogP) is 2.84. The van der Waals surface area contributed by atoms with Crippen LogP contribution in [0.1, 0.15) is 11.3 Å². The number of benzene rings is 1. The van der Waals surface area contributed by atoms with Gasteiger partial charge in [-0.1, -0.05) is 29.8 Å². The zero-order chi connectivity index (χ0) is 13.2. The molecule has 0 aliphatic carbocycles. The topological polar surface area (TPSA) is 45.6 Å². The van der Waals surface area contributed by atoms with Crippen molar-refractivity contribution in [2.75, 3.05) is 0 Å². The fourth-order valence-corrected chi connectivity index (χ4v) is 2.46. The molecule has 0 aliphatic heterocycles. The van der Waals surface area contributed by atoms with Crippen LogP contribution in [0.4, 0.5) is 0 Å². The maximum atomic E-state index is 6.36. The van der Waals surface area contributed by atoms with Crippen LogP contribution >= 0.6 is 11.6 Å². The Labute approximate surface area is 116 Å². The summed E-state index contributed by atoms with van der Waals surface area (Å²) in [6, 6.07) is 8.06. The summed E-state index contributed by atoms with van der Waals surface area (Å²) in [5, 5.41) is 9.37. The summed E-state index contributed by atoms with van der Waals surface area (Å²) in [7, 11) is 1.91. The molecule has 1 aromatic carbocycles. The third-order valence-electron chi connectivity index (χ3n) is 3.10. The molecule has 2 N–H and O–H groups in total. The van der Waals surface area contributed by atoms with E-state index in [1.807, 2.05) is 43.7 Å². The maximum Gasteiger partial charge on any atom is 0.0705 e. The monoisotopic (exact) mass is 274 g/mol. The lowest BCUT2D eigenvalue weighted by Crippen LogP contribution is -2.12. The lowest BCUT2D eigenvalue weighted by atomic mass is 10.2. The average molecular weight is 275 g/mol. The Hall–Kier alpha value is -1.78. The van der Waals surface area contributed by atoms with Crippen molar-refractivity contribution in [2.45, 2.75) is 13.1 Å². The molecule has 0 unspecified atom stereocenters. The molecule has 5 heteroatoms. The number of rotatable bonds is 4. The van der Waals surface area contributed by atoms with Gasteiger partial charge in [0.15, 0.2) is 0 Å². The van der Waals surface area contributed by atoms with Crippen LogP contribution in [-0.4, -0.2) is 14.8 Å². The number of halogens is 1. The van der Waals surface area contributed by atoms with Crippen molar-refractivity contribution < 1.29 is 0 Å². The molecule has 0 aliphatic rings. The molecule has 19 heavy (non-hydrogen) atoms. The number of H-pyrrole nitrogens is 1. The number of aromatic amines is 1. The van der Waals surface area contributed by atoms with Crippen molar-refractivity contribution in [2.24, 2.45) is 7.05 Å². The van der Waals surface area contributed by atoms with Gasteiger partial charge in [0.05, 0.1) is 11.2 Å². The molecule has 3 rings (SSSR count). The molecule has 0 fully saturated rings. The summed E-state index contributed by atoms with van der Waals surface area (Å²) in [6.07, 6.45) is 3.86. The van der Waals surface area contributed by atoms with Gasteiger partial charge in [0, 0.05) is 48.5 Å². The van der Waals surface area contributed by atoms with Crippen LogP contribution in [0.5, 0.6) is 0 Å². The fourth-order valence-electron chi connectivity index (χ4n) is 2.18. The van der Waals surface area contributed by atoms with E-state index in [0.717, 1.165) is 33.7 Å². The quantitative estimate of drug-likeness (QED) is 0.768. The smallest absolute Gasteiger partial charge is 0.0705 e. The van der Waals surface area contributed by atoms with Gasteiger partial charge in [0.25, 0.3) is 0 Å². The van der Waals surface area contributed by atoms with E-state index in [2.05, 4.69) is 15.4 Å². The van der Waals surface area contributed by atoms with Gasteiger partial charge in [0.2, 0.25) is 0 Å². The molecule has 4 nitrogen and oxygen atoms in total. The van der Waals surface area contributed by atoms with Crippen LogP contribution in [0.3, 0.4) is 0 Å². The van der Waals surface area contributed by atoms with E-state index in [1.54, 1.807) is 4.68 Å². The van der Waals surface area contributed by atoms with Crippen molar-refractivity contribution >= 4 is 22.5 Å². The first-order valence-corrected chi connectivity index (χ1v) is 6.55. The normalized spacial score (nSPS) is 11.3. The van der Waals surface area contributed by atoms with E-state index < -0.39 is 0 Å². The second-order valence-electron chi connectivity index (χ2n) is 4.59. The number of nitrogens with one attached hydrogen (secondary N) is 2.